The largest absolute Gasteiger partial charge is 0.461 e. The summed E-state index contributed by atoms with van der Waals surface area (Å²) in [7, 11) is 0. The van der Waals surface area contributed by atoms with Gasteiger partial charge in [0.05, 0.1) is 16.5 Å². The van der Waals surface area contributed by atoms with Crippen LogP contribution in [0.15, 0.2) is 127 Å². The quantitative estimate of drug-likeness (QED) is 0.149. The zero-order valence-electron chi connectivity index (χ0n) is 33.1. The van der Waals surface area contributed by atoms with Gasteiger partial charge in [-0.25, -0.2) is 9.59 Å². The van der Waals surface area contributed by atoms with Crippen LogP contribution in [0.5, 0.6) is 23.0 Å². The van der Waals surface area contributed by atoms with Gasteiger partial charge in [0.1, 0.15) is 29.6 Å². The van der Waals surface area contributed by atoms with E-state index in [-0.39, 0.29) is 18.5 Å². The SMILES string of the molecule is CCN(CC)c1ccc2c(c1)Oc1cc3c(cc1C21OC(=O)c2ccccc21)[C@]1(c2ccc(N(CC)CC)cc2O3)c2ccccc2C(=O)OCC1c1ccccc1. The molecule has 290 valence electrons. The maximum atomic E-state index is 14.1. The second kappa shape index (κ2) is 13.5. The van der Waals surface area contributed by atoms with Gasteiger partial charge in [-0.3, -0.25) is 0 Å². The molecule has 0 saturated heterocycles. The summed E-state index contributed by atoms with van der Waals surface area (Å²) < 4.78 is 27.0. The van der Waals surface area contributed by atoms with Crippen molar-refractivity contribution in [2.45, 2.75) is 44.6 Å². The van der Waals surface area contributed by atoms with Gasteiger partial charge in [0.15, 0.2) is 5.60 Å². The van der Waals surface area contributed by atoms with Crippen LogP contribution in [0.3, 0.4) is 0 Å². The van der Waals surface area contributed by atoms with Crippen molar-refractivity contribution < 1.29 is 28.5 Å². The average Bonchev–Trinajstić information content (AvgIpc) is 3.48. The van der Waals surface area contributed by atoms with Crippen molar-refractivity contribution >= 4 is 23.3 Å². The Labute approximate surface area is 338 Å². The van der Waals surface area contributed by atoms with E-state index in [4.69, 9.17) is 18.9 Å². The Balaban J connectivity index is 1.32. The smallest absolute Gasteiger partial charge is 0.340 e. The highest BCUT2D eigenvalue weighted by Crippen LogP contribution is 2.64. The molecule has 6 aromatic carbocycles. The Morgan fingerprint density at radius 2 is 1.05 bits per heavy atom. The third-order valence-corrected chi connectivity index (χ3v) is 12.8. The monoisotopic (exact) mass is 768 g/mol. The van der Waals surface area contributed by atoms with Crippen molar-refractivity contribution in [3.63, 3.8) is 0 Å². The fourth-order valence-electron chi connectivity index (χ4n) is 10.1. The summed E-state index contributed by atoms with van der Waals surface area (Å²) in [5.74, 6) is 1.24. The first-order chi connectivity index (χ1) is 28.4. The van der Waals surface area contributed by atoms with Crippen LogP contribution in [-0.2, 0) is 20.5 Å². The predicted molar refractivity (Wildman–Crippen MR) is 224 cm³/mol. The van der Waals surface area contributed by atoms with Crippen LogP contribution in [0.4, 0.5) is 11.4 Å². The molecule has 4 aliphatic heterocycles. The minimum atomic E-state index is -1.33. The summed E-state index contributed by atoms with van der Waals surface area (Å²) in [6.07, 6.45) is 0. The molecule has 4 heterocycles. The van der Waals surface area contributed by atoms with E-state index in [1.165, 1.54) is 0 Å². The number of hydrogen-bond acceptors (Lipinski definition) is 8. The molecule has 4 aliphatic rings. The number of nitrogens with zero attached hydrogens (tertiary/aromatic N) is 2. The molecule has 0 amide bonds. The van der Waals surface area contributed by atoms with Gasteiger partial charge in [0.2, 0.25) is 0 Å². The van der Waals surface area contributed by atoms with Crippen LogP contribution in [0.25, 0.3) is 0 Å². The highest BCUT2D eigenvalue weighted by atomic mass is 16.6. The van der Waals surface area contributed by atoms with E-state index in [9.17, 15) is 9.59 Å². The number of rotatable bonds is 7. The number of anilines is 2. The Kier molecular flexibility index (Phi) is 8.37. The van der Waals surface area contributed by atoms with Gasteiger partial charge < -0.3 is 28.7 Å². The Hall–Kier alpha value is -6.54. The number of benzene rings is 6. The molecule has 0 bridgehead atoms. The Bertz CT molecular complexity index is 2630. The van der Waals surface area contributed by atoms with Crippen LogP contribution >= 0.6 is 0 Å². The van der Waals surface area contributed by atoms with Crippen LogP contribution in [0, 0.1) is 0 Å². The summed E-state index contributed by atoms with van der Waals surface area (Å²) in [6, 6.07) is 42.4. The van der Waals surface area contributed by atoms with E-state index in [1.807, 2.05) is 78.9 Å². The van der Waals surface area contributed by atoms with Crippen molar-refractivity contribution in [3.8, 4) is 23.0 Å². The van der Waals surface area contributed by atoms with Gasteiger partial charge >= 0.3 is 11.9 Å². The fraction of sp³-hybridized carbons (Fsp3) is 0.240. The highest BCUT2D eigenvalue weighted by molar-refractivity contribution is 5.97. The van der Waals surface area contributed by atoms with Gasteiger partial charge in [-0.1, -0.05) is 72.8 Å². The van der Waals surface area contributed by atoms with Gasteiger partial charge in [0, 0.05) is 89.5 Å². The van der Waals surface area contributed by atoms with Gasteiger partial charge in [-0.2, -0.15) is 0 Å². The van der Waals surface area contributed by atoms with Crippen molar-refractivity contribution in [3.05, 3.63) is 177 Å². The lowest BCUT2D eigenvalue weighted by atomic mass is 9.58. The summed E-state index contributed by atoms with van der Waals surface area (Å²) in [4.78, 5) is 32.7. The van der Waals surface area contributed by atoms with Crippen LogP contribution in [0.1, 0.15) is 93.3 Å². The van der Waals surface area contributed by atoms with E-state index < -0.39 is 17.0 Å². The Morgan fingerprint density at radius 1 is 0.517 bits per heavy atom. The van der Waals surface area contributed by atoms with Gasteiger partial charge in [-0.15, -0.1) is 0 Å². The lowest BCUT2D eigenvalue weighted by molar-refractivity contribution is 0.0223. The van der Waals surface area contributed by atoms with Crippen molar-refractivity contribution in [1.82, 2.24) is 0 Å². The van der Waals surface area contributed by atoms with E-state index in [1.54, 1.807) is 0 Å². The van der Waals surface area contributed by atoms with Crippen molar-refractivity contribution in [2.75, 3.05) is 42.6 Å². The maximum Gasteiger partial charge on any atom is 0.340 e. The average molecular weight is 769 g/mol. The molecule has 10 rings (SSSR count). The molecule has 2 unspecified atom stereocenters. The first-order valence-electron chi connectivity index (χ1n) is 20.3. The molecule has 0 saturated carbocycles. The molecule has 8 heteroatoms. The molecule has 0 radical (unpaired) electrons. The molecule has 58 heavy (non-hydrogen) atoms. The minimum absolute atomic E-state index is 0.113. The number of fused-ring (bicyclic) bond motifs is 12. The topological polar surface area (TPSA) is 77.5 Å². The van der Waals surface area contributed by atoms with E-state index in [0.717, 1.165) is 70.9 Å². The van der Waals surface area contributed by atoms with Crippen LogP contribution < -0.4 is 19.3 Å². The van der Waals surface area contributed by atoms with Crippen LogP contribution in [0.2, 0.25) is 0 Å². The molecule has 0 aliphatic carbocycles. The van der Waals surface area contributed by atoms with Crippen molar-refractivity contribution in [1.29, 1.82) is 0 Å². The lowest BCUT2D eigenvalue weighted by Gasteiger charge is -2.47. The maximum absolute atomic E-state index is 14.1. The number of ether oxygens (including phenoxy) is 4. The first-order valence-corrected chi connectivity index (χ1v) is 20.3. The number of carbonyl (C=O) groups is 2. The zero-order chi connectivity index (χ0) is 39.8. The zero-order valence-corrected chi connectivity index (χ0v) is 33.1. The lowest BCUT2D eigenvalue weighted by Crippen LogP contribution is -2.41. The number of carbonyl (C=O) groups excluding carboxylic acids is 2. The van der Waals surface area contributed by atoms with E-state index >= 15 is 0 Å². The van der Waals surface area contributed by atoms with Gasteiger partial charge in [0.25, 0.3) is 0 Å². The molecular weight excluding hydrogens is 725 g/mol. The summed E-state index contributed by atoms with van der Waals surface area (Å²) in [6.45, 7) is 12.0. The molecule has 2 spiro atoms. The number of esters is 2. The molecule has 0 aromatic heterocycles. The second-order valence-electron chi connectivity index (χ2n) is 15.3. The van der Waals surface area contributed by atoms with E-state index in [2.05, 4.69) is 86.0 Å². The summed E-state index contributed by atoms with van der Waals surface area (Å²) in [5.41, 5.74) is 6.41. The Morgan fingerprint density at radius 3 is 1.71 bits per heavy atom. The standard InChI is InChI=1S/C50H44N2O6/c1-5-51(6-2)32-22-24-38-43(26-32)56-45-29-46-41(28-40(45)49(38)36-20-14-12-18-34(36)47(53)55-30-42(49)31-16-10-9-11-17-31)50(37-21-15-13-19-35(37)48(54)58-50)39-25-23-33(27-44(39)57-46)52(7-3)8-4/h9-29,42H,5-8,30H2,1-4H3/t42?,49-,50?/m1/s1. The van der Waals surface area contributed by atoms with E-state index in [0.29, 0.717) is 39.7 Å². The molecule has 3 atom stereocenters. The van der Waals surface area contributed by atoms with Crippen LogP contribution in [-0.4, -0.2) is 44.7 Å². The number of hydrogen-bond donors (Lipinski definition) is 0. The highest BCUT2D eigenvalue weighted by Gasteiger charge is 2.58. The summed E-state index contributed by atoms with van der Waals surface area (Å²) in [5, 5.41) is 0. The minimum Gasteiger partial charge on any atom is -0.461 e. The molecule has 8 nitrogen and oxygen atoms in total. The third-order valence-electron chi connectivity index (χ3n) is 12.8. The molecule has 0 fully saturated rings. The van der Waals surface area contributed by atoms with Crippen molar-refractivity contribution in [2.24, 2.45) is 0 Å². The molecular formula is C50H44N2O6. The molecule has 0 N–H and O–H groups in total. The fourth-order valence-corrected chi connectivity index (χ4v) is 10.1. The van der Waals surface area contributed by atoms with Gasteiger partial charge in [-0.05, 0) is 75.2 Å². The molecule has 6 aromatic rings. The predicted octanol–water partition coefficient (Wildman–Crippen LogP) is 10.3. The normalized spacial score (nSPS) is 20.5. The first kappa shape index (κ1) is 35.8. The second-order valence-corrected chi connectivity index (χ2v) is 15.3. The summed E-state index contributed by atoms with van der Waals surface area (Å²) >= 11 is 0. The third kappa shape index (κ3) is 4.93. The number of cyclic esters (lactones) is 1.